The number of carbonyl (C=O) groups is 1. The summed E-state index contributed by atoms with van der Waals surface area (Å²) in [6, 6.07) is 0. The summed E-state index contributed by atoms with van der Waals surface area (Å²) in [7, 11) is 0. The van der Waals surface area contributed by atoms with Crippen molar-refractivity contribution in [3.63, 3.8) is 0 Å². The third kappa shape index (κ3) is 9.28. The van der Waals surface area contributed by atoms with E-state index in [1.807, 2.05) is 0 Å². The van der Waals surface area contributed by atoms with Crippen LogP contribution in [0.1, 0.15) is 51.4 Å². The Morgan fingerprint density at radius 3 is 2.00 bits per heavy atom. The first kappa shape index (κ1) is 13.2. The predicted molar refractivity (Wildman–Crippen MR) is 57.9 cm³/mol. The summed E-state index contributed by atoms with van der Waals surface area (Å²) in [5.41, 5.74) is 0. The quantitative estimate of drug-likeness (QED) is 0.349. The fourth-order valence-electron chi connectivity index (χ4n) is 1.35. The molecule has 0 aromatic carbocycles. The van der Waals surface area contributed by atoms with Gasteiger partial charge in [-0.3, -0.25) is 4.79 Å². The second-order valence-corrected chi connectivity index (χ2v) is 3.52. The molecule has 2 nitrogen and oxygen atoms in total. The average Bonchev–Trinajstić information content (AvgIpc) is 2.21. The summed E-state index contributed by atoms with van der Waals surface area (Å²) in [6.07, 6.45) is 13.1. The lowest BCUT2D eigenvalue weighted by molar-refractivity contribution is -0.113. The Morgan fingerprint density at radius 2 is 1.50 bits per heavy atom. The van der Waals surface area contributed by atoms with Crippen molar-refractivity contribution in [3.05, 3.63) is 0 Å². The highest BCUT2D eigenvalue weighted by molar-refractivity contribution is 5.94. The Kier molecular flexibility index (Phi) is 9.68. The molecule has 14 heavy (non-hydrogen) atoms. The van der Waals surface area contributed by atoms with Crippen LogP contribution in [0.25, 0.3) is 0 Å². The monoisotopic (exact) mass is 196 g/mol. The highest BCUT2D eigenvalue weighted by atomic mass is 16.2. The van der Waals surface area contributed by atoms with Gasteiger partial charge in [-0.05, 0) is 18.8 Å². The largest absolute Gasteiger partial charge is 0.396 e. The second kappa shape index (κ2) is 10.3. The third-order valence-corrected chi connectivity index (χ3v) is 2.22. The zero-order chi connectivity index (χ0) is 10.6. The molecule has 0 aliphatic carbocycles. The molecule has 0 radical (unpaired) electrons. The molecule has 0 amide bonds. The summed E-state index contributed by atoms with van der Waals surface area (Å²) in [5, 5.41) is 8.54. The minimum atomic E-state index is -0.0784. The molecule has 0 aliphatic rings. The van der Waals surface area contributed by atoms with Gasteiger partial charge in [-0.15, -0.1) is 6.42 Å². The van der Waals surface area contributed by atoms with E-state index in [1.54, 1.807) is 0 Å². The van der Waals surface area contributed by atoms with E-state index in [4.69, 9.17) is 11.5 Å². The number of ketones is 1. The van der Waals surface area contributed by atoms with Gasteiger partial charge in [-0.1, -0.05) is 32.1 Å². The van der Waals surface area contributed by atoms with Crippen LogP contribution in [-0.4, -0.2) is 17.5 Å². The molecule has 80 valence electrons. The topological polar surface area (TPSA) is 37.3 Å². The molecule has 0 spiro atoms. The molecule has 0 atom stereocenters. The van der Waals surface area contributed by atoms with Crippen molar-refractivity contribution in [3.8, 4) is 12.3 Å². The van der Waals surface area contributed by atoms with E-state index >= 15 is 0 Å². The first-order valence-electron chi connectivity index (χ1n) is 5.41. The van der Waals surface area contributed by atoms with Gasteiger partial charge in [0.2, 0.25) is 5.78 Å². The zero-order valence-corrected chi connectivity index (χ0v) is 8.80. The zero-order valence-electron chi connectivity index (χ0n) is 8.80. The Bertz CT molecular complexity index is 179. The molecule has 2 heteroatoms. The maximum Gasteiger partial charge on any atom is 0.205 e. The highest BCUT2D eigenvalue weighted by Crippen LogP contribution is 2.08. The number of terminal acetylenes is 1. The van der Waals surface area contributed by atoms with Crippen molar-refractivity contribution in [2.24, 2.45) is 0 Å². The number of hydrogen-bond acceptors (Lipinski definition) is 2. The van der Waals surface area contributed by atoms with Crippen molar-refractivity contribution in [2.75, 3.05) is 6.61 Å². The molecule has 0 rings (SSSR count). The summed E-state index contributed by atoms with van der Waals surface area (Å²) in [6.45, 7) is 0.302. The van der Waals surface area contributed by atoms with Crippen LogP contribution in [0.15, 0.2) is 0 Å². The maximum absolute atomic E-state index is 10.7. The van der Waals surface area contributed by atoms with Crippen molar-refractivity contribution < 1.29 is 9.90 Å². The number of rotatable bonds is 9. The van der Waals surface area contributed by atoms with Gasteiger partial charge in [0.25, 0.3) is 0 Å². The molecule has 0 fully saturated rings. The van der Waals surface area contributed by atoms with Crippen LogP contribution in [0.2, 0.25) is 0 Å². The first-order valence-corrected chi connectivity index (χ1v) is 5.41. The average molecular weight is 196 g/mol. The molecular weight excluding hydrogens is 176 g/mol. The van der Waals surface area contributed by atoms with E-state index in [0.29, 0.717) is 13.0 Å². The predicted octanol–water partition coefficient (Wildman–Crippen LogP) is 2.30. The van der Waals surface area contributed by atoms with E-state index in [1.165, 1.54) is 19.3 Å². The van der Waals surface area contributed by atoms with Crippen molar-refractivity contribution in [1.29, 1.82) is 0 Å². The number of unbranched alkanes of at least 4 members (excludes halogenated alkanes) is 6. The minimum absolute atomic E-state index is 0.0784. The molecule has 0 heterocycles. The minimum Gasteiger partial charge on any atom is -0.396 e. The van der Waals surface area contributed by atoms with Gasteiger partial charge in [0.1, 0.15) is 0 Å². The lowest BCUT2D eigenvalue weighted by Crippen LogP contribution is -1.92. The van der Waals surface area contributed by atoms with Crippen LogP contribution in [-0.2, 0) is 4.79 Å². The number of aliphatic hydroxyl groups is 1. The fourth-order valence-corrected chi connectivity index (χ4v) is 1.35. The summed E-state index contributed by atoms with van der Waals surface area (Å²) >= 11 is 0. The van der Waals surface area contributed by atoms with Gasteiger partial charge in [-0.25, -0.2) is 0 Å². The van der Waals surface area contributed by atoms with E-state index in [9.17, 15) is 4.79 Å². The van der Waals surface area contributed by atoms with Crippen molar-refractivity contribution >= 4 is 5.78 Å². The molecular formula is C12H20O2. The van der Waals surface area contributed by atoms with E-state index in [2.05, 4.69) is 5.92 Å². The number of carbonyl (C=O) groups excluding carboxylic acids is 1. The maximum atomic E-state index is 10.7. The molecule has 0 aliphatic heterocycles. The van der Waals surface area contributed by atoms with Gasteiger partial charge in [0, 0.05) is 13.0 Å². The Labute approximate surface area is 86.7 Å². The lowest BCUT2D eigenvalue weighted by atomic mass is 10.1. The van der Waals surface area contributed by atoms with E-state index in [-0.39, 0.29) is 5.78 Å². The third-order valence-electron chi connectivity index (χ3n) is 2.22. The Morgan fingerprint density at radius 1 is 1.00 bits per heavy atom. The molecule has 0 aromatic heterocycles. The first-order chi connectivity index (χ1) is 6.81. The van der Waals surface area contributed by atoms with Crippen molar-refractivity contribution in [1.82, 2.24) is 0 Å². The molecule has 1 N–H and O–H groups in total. The van der Waals surface area contributed by atoms with E-state index < -0.39 is 0 Å². The SMILES string of the molecule is C#CC(=O)CCCCCCCCCO. The summed E-state index contributed by atoms with van der Waals surface area (Å²) < 4.78 is 0. The second-order valence-electron chi connectivity index (χ2n) is 3.52. The molecule has 0 aromatic rings. The lowest BCUT2D eigenvalue weighted by Gasteiger charge is -1.99. The van der Waals surface area contributed by atoms with Gasteiger partial charge >= 0.3 is 0 Å². The van der Waals surface area contributed by atoms with Gasteiger partial charge in [0.05, 0.1) is 0 Å². The molecule has 0 bridgehead atoms. The molecule has 0 saturated carbocycles. The van der Waals surface area contributed by atoms with Crippen molar-refractivity contribution in [2.45, 2.75) is 51.4 Å². The van der Waals surface area contributed by atoms with Gasteiger partial charge in [0.15, 0.2) is 0 Å². The van der Waals surface area contributed by atoms with Crippen LogP contribution in [0.3, 0.4) is 0 Å². The smallest absolute Gasteiger partial charge is 0.205 e. The van der Waals surface area contributed by atoms with Crippen LogP contribution in [0, 0.1) is 12.3 Å². The van der Waals surface area contributed by atoms with Crippen LogP contribution in [0.4, 0.5) is 0 Å². The van der Waals surface area contributed by atoms with Gasteiger partial charge in [-0.2, -0.15) is 0 Å². The standard InChI is InChI=1S/C12H20O2/c1-2-12(14)10-8-6-4-3-5-7-9-11-13/h1,13H,3-11H2. The fraction of sp³-hybridized carbons (Fsp3) is 0.750. The van der Waals surface area contributed by atoms with E-state index in [0.717, 1.165) is 25.7 Å². The number of Topliss-reactive ketones (excluding diaryl/α,β-unsaturated/α-hetero) is 1. The summed E-state index contributed by atoms with van der Waals surface area (Å²) in [5.74, 6) is 2.04. The number of hydrogen-bond donors (Lipinski definition) is 1. The molecule has 0 saturated heterocycles. The highest BCUT2D eigenvalue weighted by Gasteiger charge is 1.96. The van der Waals surface area contributed by atoms with Crippen LogP contribution in [0.5, 0.6) is 0 Å². The normalized spacial score (nSPS) is 9.71. The van der Waals surface area contributed by atoms with Crippen LogP contribution >= 0.6 is 0 Å². The summed E-state index contributed by atoms with van der Waals surface area (Å²) in [4.78, 5) is 10.7. The van der Waals surface area contributed by atoms with Gasteiger partial charge < -0.3 is 5.11 Å². The Hall–Kier alpha value is -0.810. The Balaban J connectivity index is 3.00. The number of aliphatic hydroxyl groups excluding tert-OH is 1. The molecule has 0 unspecified atom stereocenters. The van der Waals surface area contributed by atoms with Crippen LogP contribution < -0.4 is 0 Å².